The molecule has 0 bridgehead atoms. The fourth-order valence-corrected chi connectivity index (χ4v) is 3.79. The maximum Gasteiger partial charge on any atom is 0.573 e. The smallest absolute Gasteiger partial charge is 0.504 e. The summed E-state index contributed by atoms with van der Waals surface area (Å²) in [6.45, 7) is 2.99. The van der Waals surface area contributed by atoms with E-state index in [1.165, 1.54) is 19.2 Å². The number of piperazine rings is 1. The quantitative estimate of drug-likeness (QED) is 0.704. The number of ether oxygens (including phenoxy) is 2. The van der Waals surface area contributed by atoms with Crippen LogP contribution in [-0.4, -0.2) is 49.7 Å². The second-order valence-corrected chi connectivity index (χ2v) is 7.27. The van der Waals surface area contributed by atoms with Crippen molar-refractivity contribution in [2.24, 2.45) is 0 Å². The lowest BCUT2D eigenvalue weighted by Gasteiger charge is -2.36. The maximum absolute atomic E-state index is 12.4. The molecule has 9 heteroatoms. The van der Waals surface area contributed by atoms with Gasteiger partial charge in [0.05, 0.1) is 13.2 Å². The molecule has 28 heavy (non-hydrogen) atoms. The molecule has 0 spiro atoms. The second-order valence-electron chi connectivity index (χ2n) is 6.35. The number of hydrogen-bond acceptors (Lipinski definition) is 5. The molecule has 0 radical (unpaired) electrons. The number of nitrogens with one attached hydrogen (secondary N) is 1. The topological polar surface area (TPSA) is 54.0 Å². The van der Waals surface area contributed by atoms with Gasteiger partial charge in [0.25, 0.3) is 0 Å². The number of aromatic hydroxyl groups is 1. The van der Waals surface area contributed by atoms with E-state index in [0.717, 1.165) is 36.2 Å². The van der Waals surface area contributed by atoms with Gasteiger partial charge in [0.1, 0.15) is 5.75 Å². The highest BCUT2D eigenvalue weighted by molar-refractivity contribution is 9.10. The van der Waals surface area contributed by atoms with Crippen LogP contribution in [0.5, 0.6) is 17.2 Å². The number of rotatable bonds is 5. The first kappa shape index (κ1) is 20.8. The lowest BCUT2D eigenvalue weighted by molar-refractivity contribution is -0.274. The Balaban J connectivity index is 2.02. The van der Waals surface area contributed by atoms with E-state index in [2.05, 4.69) is 30.9 Å². The van der Waals surface area contributed by atoms with Crippen molar-refractivity contribution in [3.8, 4) is 17.2 Å². The van der Waals surface area contributed by atoms with Crippen LogP contribution in [0, 0.1) is 0 Å². The van der Waals surface area contributed by atoms with Gasteiger partial charge in [-0.3, -0.25) is 4.90 Å². The Morgan fingerprint density at radius 1 is 1.14 bits per heavy atom. The SMILES string of the molecule is COc1cc(Br)cc([C@@H](c2ccc(OC(F)(F)F)cc2)N2CCNCC2)c1O. The van der Waals surface area contributed by atoms with Gasteiger partial charge in [-0.25, -0.2) is 0 Å². The van der Waals surface area contributed by atoms with Gasteiger partial charge >= 0.3 is 6.36 Å². The number of benzene rings is 2. The summed E-state index contributed by atoms with van der Waals surface area (Å²) in [7, 11) is 1.47. The van der Waals surface area contributed by atoms with Gasteiger partial charge in [0.2, 0.25) is 0 Å². The Morgan fingerprint density at radius 3 is 2.36 bits per heavy atom. The summed E-state index contributed by atoms with van der Waals surface area (Å²) in [5.41, 5.74) is 1.35. The first-order chi connectivity index (χ1) is 13.3. The molecule has 0 aliphatic carbocycles. The lowest BCUT2D eigenvalue weighted by atomic mass is 9.95. The zero-order valence-corrected chi connectivity index (χ0v) is 16.7. The average Bonchev–Trinajstić information content (AvgIpc) is 2.65. The van der Waals surface area contributed by atoms with Crippen molar-refractivity contribution in [3.63, 3.8) is 0 Å². The zero-order valence-electron chi connectivity index (χ0n) is 15.1. The third-order valence-electron chi connectivity index (χ3n) is 4.53. The van der Waals surface area contributed by atoms with Crippen LogP contribution in [0.15, 0.2) is 40.9 Å². The third kappa shape index (κ3) is 4.89. The summed E-state index contributed by atoms with van der Waals surface area (Å²) < 4.78 is 47.3. The van der Waals surface area contributed by atoms with Crippen LogP contribution in [0.4, 0.5) is 13.2 Å². The van der Waals surface area contributed by atoms with E-state index >= 15 is 0 Å². The van der Waals surface area contributed by atoms with Crippen molar-refractivity contribution in [1.29, 1.82) is 0 Å². The van der Waals surface area contributed by atoms with Gasteiger partial charge in [-0.05, 0) is 29.8 Å². The Morgan fingerprint density at radius 2 is 1.79 bits per heavy atom. The molecule has 1 aliphatic heterocycles. The Bertz CT molecular complexity index is 809. The number of halogens is 4. The van der Waals surface area contributed by atoms with Crippen LogP contribution in [0.25, 0.3) is 0 Å². The number of phenolic OH excluding ortho intramolecular Hbond substituents is 1. The van der Waals surface area contributed by atoms with Gasteiger partial charge in [0, 0.05) is 36.2 Å². The first-order valence-electron chi connectivity index (χ1n) is 8.65. The minimum Gasteiger partial charge on any atom is -0.504 e. The van der Waals surface area contributed by atoms with Crippen LogP contribution < -0.4 is 14.8 Å². The highest BCUT2D eigenvalue weighted by Crippen LogP contribution is 2.42. The summed E-state index contributed by atoms with van der Waals surface area (Å²) in [5.74, 6) is 0.0396. The summed E-state index contributed by atoms with van der Waals surface area (Å²) in [5, 5.41) is 14.0. The molecule has 2 aromatic carbocycles. The zero-order chi connectivity index (χ0) is 20.3. The minimum absolute atomic E-state index is 0.00449. The highest BCUT2D eigenvalue weighted by Gasteiger charge is 2.32. The lowest BCUT2D eigenvalue weighted by Crippen LogP contribution is -2.45. The van der Waals surface area contributed by atoms with Crippen LogP contribution in [0.1, 0.15) is 17.2 Å². The van der Waals surface area contributed by atoms with Gasteiger partial charge in [-0.1, -0.05) is 28.1 Å². The standard InChI is InChI=1S/C19H20BrF3N2O3/c1-27-16-11-13(20)10-15(18(16)26)17(25-8-6-24-7-9-25)12-2-4-14(5-3-12)28-19(21,22)23/h2-5,10-11,17,24,26H,6-9H2,1H3/t17-/m1/s1. The van der Waals surface area contributed by atoms with E-state index < -0.39 is 6.36 Å². The van der Waals surface area contributed by atoms with Crippen molar-refractivity contribution in [3.05, 3.63) is 52.0 Å². The van der Waals surface area contributed by atoms with Crippen molar-refractivity contribution in [2.75, 3.05) is 33.3 Å². The predicted octanol–water partition coefficient (Wildman–Crippen LogP) is 4.06. The third-order valence-corrected chi connectivity index (χ3v) is 4.99. The van der Waals surface area contributed by atoms with Gasteiger partial charge in [-0.15, -0.1) is 13.2 Å². The molecule has 5 nitrogen and oxygen atoms in total. The molecule has 1 saturated heterocycles. The van der Waals surface area contributed by atoms with Crippen molar-refractivity contribution in [1.82, 2.24) is 10.2 Å². The Labute approximate surface area is 169 Å². The van der Waals surface area contributed by atoms with E-state index in [0.29, 0.717) is 11.3 Å². The number of hydrogen-bond donors (Lipinski definition) is 2. The summed E-state index contributed by atoms with van der Waals surface area (Å²) in [6, 6.07) is 8.84. The van der Waals surface area contributed by atoms with Crippen molar-refractivity contribution < 1.29 is 27.8 Å². The normalized spacial score (nSPS) is 16.6. The second kappa shape index (κ2) is 8.59. The molecule has 0 saturated carbocycles. The van der Waals surface area contributed by atoms with Gasteiger partial charge < -0.3 is 19.9 Å². The number of alkyl halides is 3. The minimum atomic E-state index is -4.74. The summed E-state index contributed by atoms with van der Waals surface area (Å²) >= 11 is 3.43. The molecule has 1 atom stereocenters. The molecule has 3 rings (SSSR count). The number of methoxy groups -OCH3 is 1. The van der Waals surface area contributed by atoms with Gasteiger partial charge in [-0.2, -0.15) is 0 Å². The fourth-order valence-electron chi connectivity index (χ4n) is 3.34. The molecule has 152 valence electrons. The predicted molar refractivity (Wildman–Crippen MR) is 102 cm³/mol. The number of nitrogens with zero attached hydrogens (tertiary/aromatic N) is 1. The van der Waals surface area contributed by atoms with E-state index in [4.69, 9.17) is 4.74 Å². The largest absolute Gasteiger partial charge is 0.573 e. The van der Waals surface area contributed by atoms with Crippen LogP contribution in [-0.2, 0) is 0 Å². The molecule has 0 unspecified atom stereocenters. The summed E-state index contributed by atoms with van der Waals surface area (Å²) in [4.78, 5) is 2.16. The van der Waals surface area contributed by atoms with Crippen molar-refractivity contribution in [2.45, 2.75) is 12.4 Å². The Hall–Kier alpha value is -1.97. The van der Waals surface area contributed by atoms with E-state index in [1.807, 2.05) is 0 Å². The van der Waals surface area contributed by atoms with Crippen LogP contribution in [0.2, 0.25) is 0 Å². The fraction of sp³-hybridized carbons (Fsp3) is 0.368. The van der Waals surface area contributed by atoms with E-state index in [9.17, 15) is 18.3 Å². The molecular formula is C19H20BrF3N2O3. The molecule has 1 heterocycles. The molecule has 1 fully saturated rings. The van der Waals surface area contributed by atoms with Crippen LogP contribution in [0.3, 0.4) is 0 Å². The first-order valence-corrected chi connectivity index (χ1v) is 9.44. The van der Waals surface area contributed by atoms with E-state index in [-0.39, 0.29) is 17.5 Å². The highest BCUT2D eigenvalue weighted by atomic mass is 79.9. The Kier molecular flexibility index (Phi) is 6.36. The maximum atomic E-state index is 12.4. The molecular weight excluding hydrogens is 441 g/mol. The van der Waals surface area contributed by atoms with Crippen molar-refractivity contribution >= 4 is 15.9 Å². The number of phenols is 1. The van der Waals surface area contributed by atoms with Crippen LogP contribution >= 0.6 is 15.9 Å². The molecule has 1 aliphatic rings. The monoisotopic (exact) mass is 460 g/mol. The molecule has 0 amide bonds. The van der Waals surface area contributed by atoms with Gasteiger partial charge in [0.15, 0.2) is 11.5 Å². The molecule has 2 N–H and O–H groups in total. The summed E-state index contributed by atoms with van der Waals surface area (Å²) in [6.07, 6.45) is -4.74. The average molecular weight is 461 g/mol. The molecule has 2 aromatic rings. The van der Waals surface area contributed by atoms with E-state index in [1.54, 1.807) is 24.3 Å². The molecule has 0 aromatic heterocycles.